The molecule has 0 aliphatic carbocycles. The molecule has 1 N–H and O–H groups in total. The predicted octanol–water partition coefficient (Wildman–Crippen LogP) is 3.72. The zero-order valence-corrected chi connectivity index (χ0v) is 12.5. The summed E-state index contributed by atoms with van der Waals surface area (Å²) in [6.45, 7) is 2.58. The van der Waals surface area contributed by atoms with Gasteiger partial charge in [0.15, 0.2) is 0 Å². The van der Waals surface area contributed by atoms with E-state index in [1.54, 1.807) is 0 Å². The Kier molecular flexibility index (Phi) is 5.71. The zero-order valence-electron chi connectivity index (χ0n) is 10.1. The molecule has 0 aliphatic heterocycles. The van der Waals surface area contributed by atoms with Gasteiger partial charge in [0.1, 0.15) is 12.4 Å². The van der Waals surface area contributed by atoms with Crippen LogP contribution in [0.5, 0.6) is 5.75 Å². The molecule has 96 valence electrons. The van der Waals surface area contributed by atoms with E-state index in [0.717, 1.165) is 29.7 Å². The molecule has 0 radical (unpaired) electrons. The maximum absolute atomic E-state index is 5.62. The summed E-state index contributed by atoms with van der Waals surface area (Å²) < 4.78 is 6.69. The van der Waals surface area contributed by atoms with Crippen LogP contribution < -0.4 is 10.1 Å². The third-order valence-electron chi connectivity index (χ3n) is 2.49. The van der Waals surface area contributed by atoms with Gasteiger partial charge in [0.2, 0.25) is 0 Å². The lowest BCUT2D eigenvalue weighted by atomic mass is 10.3. The van der Waals surface area contributed by atoms with E-state index < -0.39 is 0 Å². The highest BCUT2D eigenvalue weighted by Crippen LogP contribution is 2.15. The highest BCUT2D eigenvalue weighted by molar-refractivity contribution is 9.10. The van der Waals surface area contributed by atoms with Gasteiger partial charge >= 0.3 is 0 Å². The second-order valence-electron chi connectivity index (χ2n) is 3.88. The Morgan fingerprint density at radius 3 is 2.67 bits per heavy atom. The summed E-state index contributed by atoms with van der Waals surface area (Å²) in [6, 6.07) is 12.2. The largest absolute Gasteiger partial charge is 0.492 e. The fourth-order valence-corrected chi connectivity index (χ4v) is 2.54. The maximum Gasteiger partial charge on any atom is 0.119 e. The van der Waals surface area contributed by atoms with Crippen LogP contribution in [-0.2, 0) is 6.42 Å². The van der Waals surface area contributed by atoms with Crippen molar-refractivity contribution in [2.24, 2.45) is 0 Å². The lowest BCUT2D eigenvalue weighted by Gasteiger charge is -2.07. The molecule has 0 bridgehead atoms. The molecule has 0 spiro atoms. The standard InChI is InChI=1S/C14H16BrNOS/c15-12-3-5-13(6-4-12)17-10-9-16-8-7-14-2-1-11-18-14/h1-6,11,16H,7-10H2. The van der Waals surface area contributed by atoms with Gasteiger partial charge in [-0.15, -0.1) is 11.3 Å². The van der Waals surface area contributed by atoms with Crippen molar-refractivity contribution in [3.05, 3.63) is 51.1 Å². The normalized spacial score (nSPS) is 10.5. The van der Waals surface area contributed by atoms with Gasteiger partial charge in [-0.25, -0.2) is 0 Å². The van der Waals surface area contributed by atoms with E-state index in [4.69, 9.17) is 4.74 Å². The molecule has 0 saturated carbocycles. The summed E-state index contributed by atoms with van der Waals surface area (Å²) in [4.78, 5) is 1.43. The van der Waals surface area contributed by atoms with Crippen molar-refractivity contribution >= 4 is 27.3 Å². The molecule has 18 heavy (non-hydrogen) atoms. The van der Waals surface area contributed by atoms with Crippen LogP contribution in [0.3, 0.4) is 0 Å². The van der Waals surface area contributed by atoms with E-state index in [1.165, 1.54) is 4.88 Å². The summed E-state index contributed by atoms with van der Waals surface area (Å²) in [7, 11) is 0. The number of thiophene rings is 1. The molecular formula is C14H16BrNOS. The highest BCUT2D eigenvalue weighted by atomic mass is 79.9. The van der Waals surface area contributed by atoms with Crippen LogP contribution in [0.25, 0.3) is 0 Å². The van der Waals surface area contributed by atoms with Crippen LogP contribution in [-0.4, -0.2) is 19.7 Å². The van der Waals surface area contributed by atoms with E-state index in [9.17, 15) is 0 Å². The third-order valence-corrected chi connectivity index (χ3v) is 3.95. The molecule has 2 aromatic rings. The summed E-state index contributed by atoms with van der Waals surface area (Å²) in [5.41, 5.74) is 0. The summed E-state index contributed by atoms with van der Waals surface area (Å²) in [6.07, 6.45) is 1.09. The average Bonchev–Trinajstić information content (AvgIpc) is 2.89. The van der Waals surface area contributed by atoms with Crippen LogP contribution in [0.2, 0.25) is 0 Å². The van der Waals surface area contributed by atoms with Gasteiger partial charge in [0, 0.05) is 22.4 Å². The number of benzene rings is 1. The van der Waals surface area contributed by atoms with Gasteiger partial charge in [-0.05, 0) is 42.1 Å². The minimum atomic E-state index is 0.700. The summed E-state index contributed by atoms with van der Waals surface area (Å²) in [5.74, 6) is 0.915. The molecule has 1 aromatic heterocycles. The van der Waals surface area contributed by atoms with Crippen molar-refractivity contribution in [1.29, 1.82) is 0 Å². The Balaban J connectivity index is 1.55. The van der Waals surface area contributed by atoms with E-state index in [-0.39, 0.29) is 0 Å². The van der Waals surface area contributed by atoms with Crippen molar-refractivity contribution in [1.82, 2.24) is 5.32 Å². The van der Waals surface area contributed by atoms with Crippen LogP contribution in [0.15, 0.2) is 46.3 Å². The molecule has 2 rings (SSSR count). The Labute approximate surface area is 120 Å². The number of hydrogen-bond donors (Lipinski definition) is 1. The van der Waals surface area contributed by atoms with Crippen molar-refractivity contribution < 1.29 is 4.74 Å². The van der Waals surface area contributed by atoms with Crippen LogP contribution in [0.4, 0.5) is 0 Å². The van der Waals surface area contributed by atoms with Crippen LogP contribution >= 0.6 is 27.3 Å². The minimum absolute atomic E-state index is 0.700. The summed E-state index contributed by atoms with van der Waals surface area (Å²) >= 11 is 5.21. The maximum atomic E-state index is 5.62. The molecule has 0 saturated heterocycles. The Morgan fingerprint density at radius 1 is 1.11 bits per heavy atom. The number of hydrogen-bond acceptors (Lipinski definition) is 3. The lowest BCUT2D eigenvalue weighted by Crippen LogP contribution is -2.23. The van der Waals surface area contributed by atoms with Gasteiger partial charge < -0.3 is 10.1 Å². The molecule has 0 fully saturated rings. The number of halogens is 1. The molecule has 0 amide bonds. The summed E-state index contributed by atoms with van der Waals surface area (Å²) in [5, 5.41) is 5.49. The Bertz CT molecular complexity index is 441. The minimum Gasteiger partial charge on any atom is -0.492 e. The smallest absolute Gasteiger partial charge is 0.119 e. The SMILES string of the molecule is Brc1ccc(OCCNCCc2cccs2)cc1. The third kappa shape index (κ3) is 4.80. The molecule has 0 aliphatic rings. The van der Waals surface area contributed by atoms with Gasteiger partial charge in [-0.1, -0.05) is 22.0 Å². The Hall–Kier alpha value is -0.840. The molecule has 1 aromatic carbocycles. The fourth-order valence-electron chi connectivity index (χ4n) is 1.56. The van der Waals surface area contributed by atoms with Crippen LogP contribution in [0, 0.1) is 0 Å². The fraction of sp³-hybridized carbons (Fsp3) is 0.286. The topological polar surface area (TPSA) is 21.3 Å². The first kappa shape index (κ1) is 13.6. The van der Waals surface area contributed by atoms with Gasteiger partial charge in [0.25, 0.3) is 0 Å². The van der Waals surface area contributed by atoms with Gasteiger partial charge in [-0.2, -0.15) is 0 Å². The molecule has 4 heteroatoms. The monoisotopic (exact) mass is 325 g/mol. The van der Waals surface area contributed by atoms with Gasteiger partial charge in [0.05, 0.1) is 0 Å². The highest BCUT2D eigenvalue weighted by Gasteiger charge is 1.95. The van der Waals surface area contributed by atoms with Crippen molar-refractivity contribution in [2.75, 3.05) is 19.7 Å². The van der Waals surface area contributed by atoms with Crippen molar-refractivity contribution in [2.45, 2.75) is 6.42 Å². The second-order valence-corrected chi connectivity index (χ2v) is 5.83. The van der Waals surface area contributed by atoms with E-state index in [2.05, 4.69) is 38.8 Å². The zero-order chi connectivity index (χ0) is 12.6. The quantitative estimate of drug-likeness (QED) is 0.783. The van der Waals surface area contributed by atoms with E-state index in [0.29, 0.717) is 6.61 Å². The predicted molar refractivity (Wildman–Crippen MR) is 80.5 cm³/mol. The van der Waals surface area contributed by atoms with E-state index in [1.807, 2.05) is 35.6 Å². The van der Waals surface area contributed by atoms with E-state index >= 15 is 0 Å². The number of rotatable bonds is 7. The first-order valence-corrected chi connectivity index (χ1v) is 7.63. The molecule has 0 atom stereocenters. The van der Waals surface area contributed by atoms with Crippen molar-refractivity contribution in [3.63, 3.8) is 0 Å². The molecular weight excluding hydrogens is 310 g/mol. The molecule has 0 unspecified atom stereocenters. The average molecular weight is 326 g/mol. The number of nitrogens with one attached hydrogen (secondary N) is 1. The molecule has 2 nitrogen and oxygen atoms in total. The van der Waals surface area contributed by atoms with Gasteiger partial charge in [-0.3, -0.25) is 0 Å². The first-order valence-electron chi connectivity index (χ1n) is 5.96. The van der Waals surface area contributed by atoms with Crippen molar-refractivity contribution in [3.8, 4) is 5.75 Å². The first-order chi connectivity index (χ1) is 8.84. The second kappa shape index (κ2) is 7.56. The molecule has 1 heterocycles. The lowest BCUT2D eigenvalue weighted by molar-refractivity contribution is 0.314. The number of ether oxygens (including phenoxy) is 1. The Morgan fingerprint density at radius 2 is 1.94 bits per heavy atom. The van der Waals surface area contributed by atoms with Crippen LogP contribution in [0.1, 0.15) is 4.88 Å².